The molecule has 0 aromatic carbocycles. The molecule has 0 saturated carbocycles. The fourth-order valence-corrected chi connectivity index (χ4v) is 2.33. The van der Waals surface area contributed by atoms with Gasteiger partial charge in [0.25, 0.3) is 0 Å². The number of carbonyl (C=O) groups excluding carboxylic acids is 1. The molecular weight excluding hydrogens is 274 g/mol. The molecule has 0 unspecified atom stereocenters. The molecule has 0 fully saturated rings. The maximum absolute atomic E-state index is 12.3. The molecule has 106 valence electrons. The third-order valence-corrected chi connectivity index (χ3v) is 3.32. The topological polar surface area (TPSA) is 38.1 Å². The number of fused-ring (bicyclic) bond motifs is 1. The van der Waals surface area contributed by atoms with Crippen LogP contribution in [0.15, 0.2) is 30.7 Å². The highest BCUT2D eigenvalue weighted by molar-refractivity contribution is 6.34. The Bertz CT molecular complexity index is 671. The van der Waals surface area contributed by atoms with Crippen molar-refractivity contribution in [1.29, 1.82) is 0 Å². The maximum Gasteiger partial charge on any atom is 0.189 e. The lowest BCUT2D eigenvalue weighted by molar-refractivity contribution is 0.104. The van der Waals surface area contributed by atoms with Gasteiger partial charge in [0.15, 0.2) is 10.9 Å². The molecule has 0 aliphatic rings. The van der Waals surface area contributed by atoms with E-state index in [9.17, 15) is 4.79 Å². The Morgan fingerprint density at radius 2 is 2.15 bits per heavy atom. The summed E-state index contributed by atoms with van der Waals surface area (Å²) in [4.78, 5) is 18.3. The third-order valence-electron chi connectivity index (χ3n) is 3.04. The molecule has 0 N–H and O–H groups in total. The number of nitrogens with zero attached hydrogens (tertiary/aromatic N) is 3. The van der Waals surface area contributed by atoms with Gasteiger partial charge in [-0.1, -0.05) is 11.6 Å². The fraction of sp³-hybridized carbons (Fsp3) is 0.333. The van der Waals surface area contributed by atoms with Gasteiger partial charge in [0.05, 0.1) is 5.52 Å². The summed E-state index contributed by atoms with van der Waals surface area (Å²) in [6, 6.07) is 2.04. The van der Waals surface area contributed by atoms with E-state index in [1.807, 2.05) is 49.7 Å². The summed E-state index contributed by atoms with van der Waals surface area (Å²) in [5.74, 6) is -0.0367. The van der Waals surface area contributed by atoms with E-state index in [0.717, 1.165) is 10.9 Å². The minimum absolute atomic E-state index is 0.0367. The van der Waals surface area contributed by atoms with Crippen LogP contribution in [-0.4, -0.2) is 34.3 Å². The first-order valence-electron chi connectivity index (χ1n) is 6.45. The van der Waals surface area contributed by atoms with Crippen LogP contribution in [0.1, 0.15) is 30.2 Å². The number of pyridine rings is 1. The Labute approximate surface area is 123 Å². The highest BCUT2D eigenvalue weighted by Gasteiger charge is 2.17. The molecule has 2 heterocycles. The number of hydrogen-bond acceptors (Lipinski definition) is 3. The molecule has 2 aromatic heterocycles. The molecule has 0 aliphatic carbocycles. The number of allylic oxidation sites excluding steroid dienone is 1. The molecule has 0 radical (unpaired) electrons. The van der Waals surface area contributed by atoms with Crippen molar-refractivity contribution >= 4 is 28.3 Å². The SMILES string of the molecule is CC(C)n1cc(C(=O)C=CN(C)C)c2ccnc(Cl)c21. The Hall–Kier alpha value is -1.81. The predicted molar refractivity (Wildman–Crippen MR) is 82.3 cm³/mol. The molecule has 0 saturated heterocycles. The molecule has 2 aromatic rings. The van der Waals surface area contributed by atoms with E-state index in [4.69, 9.17) is 11.6 Å². The predicted octanol–water partition coefficient (Wildman–Crippen LogP) is 3.53. The van der Waals surface area contributed by atoms with Crippen LogP contribution in [0.4, 0.5) is 0 Å². The summed E-state index contributed by atoms with van der Waals surface area (Å²) < 4.78 is 1.99. The smallest absolute Gasteiger partial charge is 0.189 e. The van der Waals surface area contributed by atoms with E-state index in [1.54, 1.807) is 18.5 Å². The lowest BCUT2D eigenvalue weighted by Crippen LogP contribution is -2.03. The number of hydrogen-bond donors (Lipinski definition) is 0. The van der Waals surface area contributed by atoms with Crippen molar-refractivity contribution in [2.45, 2.75) is 19.9 Å². The minimum atomic E-state index is -0.0367. The Morgan fingerprint density at radius 1 is 1.45 bits per heavy atom. The molecule has 0 bridgehead atoms. The zero-order valence-corrected chi connectivity index (χ0v) is 12.8. The minimum Gasteiger partial charge on any atom is -0.383 e. The van der Waals surface area contributed by atoms with E-state index in [-0.39, 0.29) is 11.8 Å². The number of aromatic nitrogens is 2. The van der Waals surface area contributed by atoms with E-state index >= 15 is 0 Å². The van der Waals surface area contributed by atoms with Crippen LogP contribution in [0, 0.1) is 0 Å². The van der Waals surface area contributed by atoms with Crippen LogP contribution in [0.2, 0.25) is 5.15 Å². The normalized spacial score (nSPS) is 11.7. The third kappa shape index (κ3) is 2.70. The summed E-state index contributed by atoms with van der Waals surface area (Å²) in [6.45, 7) is 4.10. The van der Waals surface area contributed by atoms with E-state index < -0.39 is 0 Å². The van der Waals surface area contributed by atoms with Crippen LogP contribution in [0.25, 0.3) is 10.9 Å². The van der Waals surface area contributed by atoms with Crippen molar-refractivity contribution in [3.63, 3.8) is 0 Å². The Balaban J connectivity index is 2.60. The van der Waals surface area contributed by atoms with E-state index in [1.165, 1.54) is 0 Å². The molecule has 0 aliphatic heterocycles. The Kier molecular flexibility index (Phi) is 4.14. The average Bonchev–Trinajstić information content (AvgIpc) is 2.77. The average molecular weight is 292 g/mol. The number of rotatable bonds is 4. The molecule has 2 rings (SSSR count). The van der Waals surface area contributed by atoms with Crippen LogP contribution in [0.5, 0.6) is 0 Å². The van der Waals surface area contributed by atoms with Crippen LogP contribution in [0.3, 0.4) is 0 Å². The number of ketones is 1. The Morgan fingerprint density at radius 3 is 2.75 bits per heavy atom. The first kappa shape index (κ1) is 14.6. The second-order valence-electron chi connectivity index (χ2n) is 5.19. The van der Waals surface area contributed by atoms with Crippen molar-refractivity contribution in [1.82, 2.24) is 14.5 Å². The summed E-state index contributed by atoms with van der Waals surface area (Å²) in [5, 5.41) is 1.26. The number of carbonyl (C=O) groups is 1. The van der Waals surface area contributed by atoms with E-state index in [2.05, 4.69) is 4.98 Å². The second kappa shape index (κ2) is 5.67. The van der Waals surface area contributed by atoms with Gasteiger partial charge in [-0.3, -0.25) is 4.79 Å². The molecule has 0 atom stereocenters. The molecule has 20 heavy (non-hydrogen) atoms. The van der Waals surface area contributed by atoms with Crippen LogP contribution in [-0.2, 0) is 0 Å². The van der Waals surface area contributed by atoms with Crippen molar-refractivity contribution in [2.24, 2.45) is 0 Å². The van der Waals surface area contributed by atoms with Gasteiger partial charge in [-0.15, -0.1) is 0 Å². The summed E-state index contributed by atoms with van der Waals surface area (Å²) >= 11 is 6.18. The molecule has 5 heteroatoms. The molecular formula is C15H18ClN3O. The van der Waals surface area contributed by atoms with Gasteiger partial charge in [-0.05, 0) is 19.9 Å². The first-order valence-corrected chi connectivity index (χ1v) is 6.83. The lowest BCUT2D eigenvalue weighted by Gasteiger charge is -2.09. The van der Waals surface area contributed by atoms with Gasteiger partial charge in [-0.2, -0.15) is 0 Å². The lowest BCUT2D eigenvalue weighted by atomic mass is 10.1. The van der Waals surface area contributed by atoms with Crippen molar-refractivity contribution in [3.05, 3.63) is 41.5 Å². The highest BCUT2D eigenvalue weighted by atomic mass is 35.5. The standard InChI is InChI=1S/C15H18ClN3O/c1-10(2)19-9-12(13(20)6-8-18(3)4)11-5-7-17-15(16)14(11)19/h5-10H,1-4H3. The molecule has 0 spiro atoms. The zero-order valence-electron chi connectivity index (χ0n) is 12.1. The summed E-state index contributed by atoms with van der Waals surface area (Å²) in [6.07, 6.45) is 6.78. The van der Waals surface area contributed by atoms with Crippen molar-refractivity contribution < 1.29 is 4.79 Å². The summed E-state index contributed by atoms with van der Waals surface area (Å²) in [5.41, 5.74) is 1.46. The van der Waals surface area contributed by atoms with Crippen molar-refractivity contribution in [2.75, 3.05) is 14.1 Å². The van der Waals surface area contributed by atoms with Gasteiger partial charge in [0.2, 0.25) is 0 Å². The van der Waals surface area contributed by atoms with Gasteiger partial charge in [0, 0.05) is 55.8 Å². The van der Waals surface area contributed by atoms with E-state index in [0.29, 0.717) is 10.7 Å². The maximum atomic E-state index is 12.3. The highest BCUT2D eigenvalue weighted by Crippen LogP contribution is 2.29. The van der Waals surface area contributed by atoms with Gasteiger partial charge >= 0.3 is 0 Å². The first-order chi connectivity index (χ1) is 9.41. The molecule has 4 nitrogen and oxygen atoms in total. The summed E-state index contributed by atoms with van der Waals surface area (Å²) in [7, 11) is 3.75. The zero-order chi connectivity index (χ0) is 14.9. The number of halogens is 1. The quantitative estimate of drug-likeness (QED) is 0.491. The fourth-order valence-electron chi connectivity index (χ4n) is 2.07. The van der Waals surface area contributed by atoms with Gasteiger partial charge in [0.1, 0.15) is 0 Å². The van der Waals surface area contributed by atoms with Gasteiger partial charge in [-0.25, -0.2) is 4.98 Å². The van der Waals surface area contributed by atoms with Crippen LogP contribution < -0.4 is 0 Å². The van der Waals surface area contributed by atoms with Crippen molar-refractivity contribution in [3.8, 4) is 0 Å². The molecule has 0 amide bonds. The monoisotopic (exact) mass is 291 g/mol. The second-order valence-corrected chi connectivity index (χ2v) is 5.54. The largest absolute Gasteiger partial charge is 0.383 e. The van der Waals surface area contributed by atoms with Gasteiger partial charge < -0.3 is 9.47 Å². The van der Waals surface area contributed by atoms with Crippen LogP contribution >= 0.6 is 11.6 Å².